The van der Waals surface area contributed by atoms with Crippen molar-refractivity contribution in [3.05, 3.63) is 36.7 Å². The molecule has 0 radical (unpaired) electrons. The van der Waals surface area contributed by atoms with Crippen LogP contribution >= 0.6 is 0 Å². The Morgan fingerprint density at radius 2 is 1.94 bits per heavy atom. The zero-order valence-electron chi connectivity index (χ0n) is 11.2. The fourth-order valence-corrected chi connectivity index (χ4v) is 1.07. The van der Waals surface area contributed by atoms with Crippen molar-refractivity contribution < 1.29 is 0 Å². The van der Waals surface area contributed by atoms with Crippen LogP contribution in [0.1, 0.15) is 46.6 Å². The van der Waals surface area contributed by atoms with Crippen molar-refractivity contribution in [3.63, 3.8) is 0 Å². The number of hydrogen-bond acceptors (Lipinski definition) is 2. The van der Waals surface area contributed by atoms with Gasteiger partial charge in [0.15, 0.2) is 0 Å². The van der Waals surface area contributed by atoms with E-state index in [0.717, 1.165) is 11.3 Å². The molecule has 0 amide bonds. The molecule has 0 aliphatic carbocycles. The summed E-state index contributed by atoms with van der Waals surface area (Å²) in [5.74, 6) is 0. The molecule has 0 saturated carbocycles. The lowest BCUT2D eigenvalue weighted by molar-refractivity contribution is 0.502. The molecule has 0 aliphatic heterocycles. The molecular formula is C14H24N2. The highest BCUT2D eigenvalue weighted by Crippen LogP contribution is 2.11. The number of nitrogens with one attached hydrogen (secondary N) is 1. The lowest BCUT2D eigenvalue weighted by Gasteiger charge is -2.23. The smallest absolute Gasteiger partial charge is 0.0360 e. The molecular weight excluding hydrogens is 196 g/mol. The summed E-state index contributed by atoms with van der Waals surface area (Å²) in [5.41, 5.74) is 2.01. The van der Waals surface area contributed by atoms with Crippen molar-refractivity contribution in [2.75, 3.05) is 0 Å². The third kappa shape index (κ3) is 7.04. The van der Waals surface area contributed by atoms with Crippen molar-refractivity contribution in [2.45, 2.75) is 46.6 Å². The van der Waals surface area contributed by atoms with Crippen molar-refractivity contribution >= 4 is 5.70 Å². The van der Waals surface area contributed by atoms with Gasteiger partial charge in [0.05, 0.1) is 0 Å². The first kappa shape index (κ1) is 14.7. The van der Waals surface area contributed by atoms with E-state index >= 15 is 0 Å². The molecule has 0 aromatic carbocycles. The number of pyridine rings is 1. The van der Waals surface area contributed by atoms with Crippen LogP contribution in [0.3, 0.4) is 0 Å². The fraction of sp³-hybridized carbons (Fsp3) is 0.500. The SMILES string of the molecule is C=C(NC(C)(C)C)c1cccnc1.CCC. The quantitative estimate of drug-likeness (QED) is 0.818. The highest BCUT2D eigenvalue weighted by molar-refractivity contribution is 5.61. The van der Waals surface area contributed by atoms with Gasteiger partial charge in [0.2, 0.25) is 0 Å². The van der Waals surface area contributed by atoms with E-state index in [2.05, 4.69) is 51.5 Å². The third-order valence-electron chi connectivity index (χ3n) is 1.54. The highest BCUT2D eigenvalue weighted by Gasteiger charge is 2.10. The molecule has 0 unspecified atom stereocenters. The summed E-state index contributed by atoms with van der Waals surface area (Å²) in [6, 6.07) is 3.90. The normalized spacial score (nSPS) is 10.1. The summed E-state index contributed by atoms with van der Waals surface area (Å²) in [6.45, 7) is 14.5. The number of hydrogen-bond donors (Lipinski definition) is 1. The molecule has 1 rings (SSSR count). The van der Waals surface area contributed by atoms with Crippen LogP contribution in [0.15, 0.2) is 31.1 Å². The third-order valence-corrected chi connectivity index (χ3v) is 1.54. The summed E-state index contributed by atoms with van der Waals surface area (Å²) < 4.78 is 0. The Kier molecular flexibility index (Phi) is 6.47. The highest BCUT2D eigenvalue weighted by atomic mass is 15.0. The molecule has 90 valence electrons. The van der Waals surface area contributed by atoms with Crippen LogP contribution < -0.4 is 5.32 Å². The van der Waals surface area contributed by atoms with Gasteiger partial charge in [0.1, 0.15) is 0 Å². The van der Waals surface area contributed by atoms with Crippen LogP contribution in [0.5, 0.6) is 0 Å². The van der Waals surface area contributed by atoms with E-state index in [4.69, 9.17) is 0 Å². The van der Waals surface area contributed by atoms with Crippen molar-refractivity contribution in [3.8, 4) is 0 Å². The zero-order chi connectivity index (χ0) is 12.6. The van der Waals surface area contributed by atoms with E-state index in [9.17, 15) is 0 Å². The minimum atomic E-state index is 0.0485. The van der Waals surface area contributed by atoms with Gasteiger partial charge in [-0.3, -0.25) is 4.98 Å². The maximum Gasteiger partial charge on any atom is 0.0360 e. The maximum atomic E-state index is 4.03. The Hall–Kier alpha value is -1.31. The molecule has 2 heteroatoms. The first-order valence-electron chi connectivity index (χ1n) is 5.78. The van der Waals surface area contributed by atoms with Gasteiger partial charge in [-0.05, 0) is 32.9 Å². The predicted octanol–water partition coefficient (Wildman–Crippen LogP) is 3.86. The average Bonchev–Trinajstić information content (AvgIpc) is 2.18. The topological polar surface area (TPSA) is 24.9 Å². The Bertz CT molecular complexity index is 296. The van der Waals surface area contributed by atoms with Crippen LogP contribution in [0.2, 0.25) is 0 Å². The summed E-state index contributed by atoms with van der Waals surface area (Å²) in [4.78, 5) is 4.03. The van der Waals surface area contributed by atoms with Crippen molar-refractivity contribution in [1.29, 1.82) is 0 Å². The summed E-state index contributed by atoms with van der Waals surface area (Å²) >= 11 is 0. The molecule has 1 heterocycles. The molecule has 0 atom stereocenters. The maximum absolute atomic E-state index is 4.03. The summed E-state index contributed by atoms with van der Waals surface area (Å²) in [6.07, 6.45) is 4.81. The largest absolute Gasteiger partial charge is 0.380 e. The van der Waals surface area contributed by atoms with Gasteiger partial charge >= 0.3 is 0 Å². The minimum Gasteiger partial charge on any atom is -0.380 e. The monoisotopic (exact) mass is 220 g/mol. The van der Waals surface area contributed by atoms with Gasteiger partial charge < -0.3 is 5.32 Å². The Balaban J connectivity index is 0.000000673. The molecule has 1 aromatic heterocycles. The number of rotatable bonds is 2. The molecule has 1 aromatic rings. The van der Waals surface area contributed by atoms with E-state index in [1.54, 1.807) is 12.4 Å². The van der Waals surface area contributed by atoms with Crippen LogP contribution in [0.25, 0.3) is 5.70 Å². The van der Waals surface area contributed by atoms with Gasteiger partial charge in [-0.1, -0.05) is 26.8 Å². The van der Waals surface area contributed by atoms with E-state index < -0.39 is 0 Å². The fourth-order valence-electron chi connectivity index (χ4n) is 1.07. The van der Waals surface area contributed by atoms with Gasteiger partial charge in [-0.25, -0.2) is 0 Å². The van der Waals surface area contributed by atoms with Gasteiger partial charge in [0.25, 0.3) is 0 Å². The van der Waals surface area contributed by atoms with Gasteiger partial charge in [0, 0.05) is 29.2 Å². The number of aromatic nitrogens is 1. The summed E-state index contributed by atoms with van der Waals surface area (Å²) in [5, 5.41) is 3.30. The van der Waals surface area contributed by atoms with E-state index in [-0.39, 0.29) is 5.54 Å². The first-order valence-corrected chi connectivity index (χ1v) is 5.78. The Morgan fingerprint density at radius 1 is 1.38 bits per heavy atom. The molecule has 16 heavy (non-hydrogen) atoms. The lowest BCUT2D eigenvalue weighted by Crippen LogP contribution is -2.33. The molecule has 0 fully saturated rings. The second kappa shape index (κ2) is 7.04. The number of nitrogens with zero attached hydrogens (tertiary/aromatic N) is 1. The predicted molar refractivity (Wildman–Crippen MR) is 72.1 cm³/mol. The zero-order valence-corrected chi connectivity index (χ0v) is 11.2. The molecule has 0 saturated heterocycles. The molecule has 2 nitrogen and oxygen atoms in total. The van der Waals surface area contributed by atoms with E-state index in [1.165, 1.54) is 6.42 Å². The average molecular weight is 220 g/mol. The second-order valence-electron chi connectivity index (χ2n) is 4.80. The minimum absolute atomic E-state index is 0.0485. The van der Waals surface area contributed by atoms with E-state index in [0.29, 0.717) is 0 Å². The van der Waals surface area contributed by atoms with Gasteiger partial charge in [-0.2, -0.15) is 0 Å². The summed E-state index contributed by atoms with van der Waals surface area (Å²) in [7, 11) is 0. The molecule has 1 N–H and O–H groups in total. The van der Waals surface area contributed by atoms with Crippen LogP contribution in [-0.4, -0.2) is 10.5 Å². The van der Waals surface area contributed by atoms with Crippen LogP contribution in [-0.2, 0) is 0 Å². The van der Waals surface area contributed by atoms with Crippen molar-refractivity contribution in [1.82, 2.24) is 10.3 Å². The second-order valence-corrected chi connectivity index (χ2v) is 4.80. The molecule has 0 spiro atoms. The molecule has 0 bridgehead atoms. The molecule has 0 aliphatic rings. The van der Waals surface area contributed by atoms with Gasteiger partial charge in [-0.15, -0.1) is 0 Å². The van der Waals surface area contributed by atoms with Crippen LogP contribution in [0, 0.1) is 0 Å². The van der Waals surface area contributed by atoms with E-state index in [1.807, 2.05) is 12.1 Å². The standard InChI is InChI=1S/C11H16N2.C3H8/c1-9(13-11(2,3)4)10-6-5-7-12-8-10;1-3-2/h5-8,13H,1H2,2-4H3;3H2,1-2H3. The first-order chi connectivity index (χ1) is 7.40. The Morgan fingerprint density at radius 3 is 2.31 bits per heavy atom. The Labute approximate surface area is 99.8 Å². The van der Waals surface area contributed by atoms with Crippen LogP contribution in [0.4, 0.5) is 0 Å². The lowest BCUT2D eigenvalue weighted by atomic mass is 10.1. The van der Waals surface area contributed by atoms with Crippen molar-refractivity contribution in [2.24, 2.45) is 0 Å².